The average molecular weight is 527 g/mol. The van der Waals surface area contributed by atoms with E-state index in [0.717, 1.165) is 47.4 Å². The summed E-state index contributed by atoms with van der Waals surface area (Å²) in [6.07, 6.45) is 8.28. The number of methoxy groups -OCH3 is 2. The van der Waals surface area contributed by atoms with Crippen LogP contribution >= 0.6 is 11.3 Å². The molecule has 2 aromatic heterocycles. The number of hydrogen-bond donors (Lipinski definition) is 0. The molecule has 5 nitrogen and oxygen atoms in total. The van der Waals surface area contributed by atoms with E-state index in [1.54, 1.807) is 31.9 Å². The SMILES string of the molecule is COc1ccc(CCn2cnc3sc4c(c3c2=O)[C@@]2(C)CC[C@H]3c5ccc(OC)cc5CC[C@@H]3[C@H]2C4)cc1. The molecule has 196 valence electrons. The first-order valence-electron chi connectivity index (χ1n) is 13.8. The quantitative estimate of drug-likeness (QED) is 0.307. The van der Waals surface area contributed by atoms with E-state index in [2.05, 4.69) is 37.3 Å². The Labute approximate surface area is 227 Å². The summed E-state index contributed by atoms with van der Waals surface area (Å²) >= 11 is 1.77. The van der Waals surface area contributed by atoms with E-state index in [1.165, 1.54) is 40.0 Å². The lowest BCUT2D eigenvalue weighted by Crippen LogP contribution is -2.43. The van der Waals surface area contributed by atoms with Crippen molar-refractivity contribution in [3.8, 4) is 11.5 Å². The van der Waals surface area contributed by atoms with Gasteiger partial charge in [0.2, 0.25) is 0 Å². The number of benzene rings is 2. The van der Waals surface area contributed by atoms with Crippen molar-refractivity contribution in [2.45, 2.75) is 63.3 Å². The molecule has 0 N–H and O–H groups in total. The van der Waals surface area contributed by atoms with Gasteiger partial charge in [0.1, 0.15) is 16.3 Å². The highest BCUT2D eigenvalue weighted by atomic mass is 32.1. The molecule has 1 fully saturated rings. The molecule has 3 aliphatic rings. The molecule has 0 bridgehead atoms. The van der Waals surface area contributed by atoms with Crippen LogP contribution in [0.25, 0.3) is 10.2 Å². The van der Waals surface area contributed by atoms with Crippen molar-refractivity contribution < 1.29 is 9.47 Å². The second-order valence-electron chi connectivity index (χ2n) is 11.6. The Kier molecular flexibility index (Phi) is 5.66. The molecular formula is C32H34N2O3S. The van der Waals surface area contributed by atoms with Gasteiger partial charge in [-0.3, -0.25) is 9.36 Å². The van der Waals surface area contributed by atoms with Gasteiger partial charge in [-0.2, -0.15) is 0 Å². The number of aromatic nitrogens is 2. The van der Waals surface area contributed by atoms with Crippen molar-refractivity contribution >= 4 is 21.6 Å². The van der Waals surface area contributed by atoms with Gasteiger partial charge in [-0.15, -0.1) is 11.3 Å². The summed E-state index contributed by atoms with van der Waals surface area (Å²) in [6, 6.07) is 14.8. The van der Waals surface area contributed by atoms with Crippen LogP contribution in [0.3, 0.4) is 0 Å². The fraction of sp³-hybridized carbons (Fsp3) is 0.438. The van der Waals surface area contributed by atoms with Gasteiger partial charge in [-0.1, -0.05) is 25.1 Å². The molecule has 2 aromatic carbocycles. The van der Waals surface area contributed by atoms with Gasteiger partial charge in [0.25, 0.3) is 5.56 Å². The van der Waals surface area contributed by atoms with Crippen molar-refractivity contribution in [1.82, 2.24) is 9.55 Å². The molecule has 4 atom stereocenters. The number of nitrogens with zero attached hydrogens (tertiary/aromatic N) is 2. The van der Waals surface area contributed by atoms with Crippen LogP contribution < -0.4 is 15.0 Å². The molecule has 0 aliphatic heterocycles. The zero-order chi connectivity index (χ0) is 26.0. The Balaban J connectivity index is 1.20. The summed E-state index contributed by atoms with van der Waals surface area (Å²) in [5.74, 6) is 3.68. The molecule has 38 heavy (non-hydrogen) atoms. The lowest BCUT2D eigenvalue weighted by atomic mass is 9.55. The molecule has 0 spiro atoms. The largest absolute Gasteiger partial charge is 0.497 e. The van der Waals surface area contributed by atoms with Crippen LogP contribution in [0.2, 0.25) is 0 Å². The normalized spacial score (nSPS) is 25.4. The van der Waals surface area contributed by atoms with Crippen LogP contribution in [-0.4, -0.2) is 23.8 Å². The zero-order valence-corrected chi connectivity index (χ0v) is 23.1. The standard InChI is InChI=1S/C32H34N2O3S/c1-32-14-12-24-23-11-9-22(37-3)16-20(23)6-10-25(24)26(32)17-27-29(32)28-30(38-27)33-18-34(31(28)35)15-13-19-4-7-21(36-2)8-5-19/h4-5,7-9,11,16,18,24-26H,6,10,12-15,17H2,1-3H3/t24-,25-,26+,32-/m0/s1. The second-order valence-corrected chi connectivity index (χ2v) is 12.6. The molecule has 0 saturated heterocycles. The maximum Gasteiger partial charge on any atom is 0.262 e. The van der Waals surface area contributed by atoms with Gasteiger partial charge in [-0.25, -0.2) is 4.98 Å². The third kappa shape index (κ3) is 3.56. The van der Waals surface area contributed by atoms with Crippen molar-refractivity contribution in [2.75, 3.05) is 14.2 Å². The number of fused-ring (bicyclic) bond motifs is 9. The number of hydrogen-bond acceptors (Lipinski definition) is 5. The third-order valence-electron chi connectivity index (χ3n) is 9.85. The predicted molar refractivity (Wildman–Crippen MR) is 152 cm³/mol. The Bertz CT molecular complexity index is 1590. The van der Waals surface area contributed by atoms with Gasteiger partial charge < -0.3 is 9.47 Å². The fourth-order valence-corrected chi connectivity index (χ4v) is 9.24. The predicted octanol–water partition coefficient (Wildman–Crippen LogP) is 6.29. The molecule has 7 rings (SSSR count). The summed E-state index contributed by atoms with van der Waals surface area (Å²) in [5, 5.41) is 0.895. The highest BCUT2D eigenvalue weighted by Crippen LogP contribution is 2.62. The van der Waals surface area contributed by atoms with Crippen LogP contribution in [-0.2, 0) is 31.2 Å². The number of aryl methyl sites for hydroxylation is 3. The maximum absolute atomic E-state index is 13.9. The minimum absolute atomic E-state index is 0.0503. The molecule has 0 amide bonds. The maximum atomic E-state index is 13.9. The summed E-state index contributed by atoms with van der Waals surface area (Å²) in [4.78, 5) is 21.0. The molecule has 3 aliphatic carbocycles. The lowest BCUT2D eigenvalue weighted by Gasteiger charge is -2.49. The van der Waals surface area contributed by atoms with E-state index in [9.17, 15) is 4.79 Å². The van der Waals surface area contributed by atoms with Gasteiger partial charge >= 0.3 is 0 Å². The Hall–Kier alpha value is -3.12. The van der Waals surface area contributed by atoms with Crippen molar-refractivity contribution in [3.05, 3.63) is 86.3 Å². The van der Waals surface area contributed by atoms with Gasteiger partial charge in [0, 0.05) is 11.4 Å². The van der Waals surface area contributed by atoms with Gasteiger partial charge in [0.05, 0.1) is 25.9 Å². The van der Waals surface area contributed by atoms with Crippen molar-refractivity contribution in [1.29, 1.82) is 0 Å². The van der Waals surface area contributed by atoms with Crippen LogP contribution in [0.15, 0.2) is 53.6 Å². The Morgan fingerprint density at radius 3 is 2.66 bits per heavy atom. The van der Waals surface area contributed by atoms with Crippen LogP contribution in [0.1, 0.15) is 59.2 Å². The molecule has 6 heteroatoms. The third-order valence-corrected chi connectivity index (χ3v) is 11.0. The minimum Gasteiger partial charge on any atom is -0.497 e. The summed E-state index contributed by atoms with van der Waals surface area (Å²) < 4.78 is 12.6. The molecule has 0 radical (unpaired) electrons. The molecule has 2 heterocycles. The summed E-state index contributed by atoms with van der Waals surface area (Å²) in [5.41, 5.74) is 5.70. The smallest absolute Gasteiger partial charge is 0.262 e. The first-order chi connectivity index (χ1) is 18.5. The average Bonchev–Trinajstić information content (AvgIpc) is 3.47. The fourth-order valence-electron chi connectivity index (χ4n) is 7.91. The first-order valence-corrected chi connectivity index (χ1v) is 14.6. The topological polar surface area (TPSA) is 53.4 Å². The molecular weight excluding hydrogens is 492 g/mol. The molecule has 0 unspecified atom stereocenters. The number of thiophene rings is 1. The minimum atomic E-state index is 0.0503. The highest BCUT2D eigenvalue weighted by Gasteiger charge is 2.54. The summed E-state index contributed by atoms with van der Waals surface area (Å²) in [6.45, 7) is 3.08. The lowest BCUT2D eigenvalue weighted by molar-refractivity contribution is 0.106. The van der Waals surface area contributed by atoms with E-state index in [4.69, 9.17) is 14.5 Å². The summed E-state index contributed by atoms with van der Waals surface area (Å²) in [7, 11) is 3.43. The van der Waals surface area contributed by atoms with E-state index in [-0.39, 0.29) is 11.0 Å². The zero-order valence-electron chi connectivity index (χ0n) is 22.3. The van der Waals surface area contributed by atoms with Gasteiger partial charge in [0.15, 0.2) is 0 Å². The van der Waals surface area contributed by atoms with E-state index in [1.807, 2.05) is 16.7 Å². The molecule has 4 aromatic rings. The van der Waals surface area contributed by atoms with Gasteiger partial charge in [-0.05, 0) is 108 Å². The number of rotatable bonds is 5. The Morgan fingerprint density at radius 1 is 1.08 bits per heavy atom. The second kappa shape index (κ2) is 8.98. The highest BCUT2D eigenvalue weighted by molar-refractivity contribution is 7.18. The van der Waals surface area contributed by atoms with Crippen LogP contribution in [0.4, 0.5) is 0 Å². The van der Waals surface area contributed by atoms with Crippen molar-refractivity contribution in [2.24, 2.45) is 11.8 Å². The monoisotopic (exact) mass is 526 g/mol. The van der Waals surface area contributed by atoms with E-state index < -0.39 is 0 Å². The van der Waals surface area contributed by atoms with E-state index in [0.29, 0.717) is 24.3 Å². The van der Waals surface area contributed by atoms with E-state index >= 15 is 0 Å². The van der Waals surface area contributed by atoms with Crippen molar-refractivity contribution in [3.63, 3.8) is 0 Å². The van der Waals surface area contributed by atoms with Crippen LogP contribution in [0.5, 0.6) is 11.5 Å². The Morgan fingerprint density at radius 2 is 1.87 bits per heavy atom. The molecule has 1 saturated carbocycles. The number of ether oxygens (including phenoxy) is 2. The first kappa shape index (κ1) is 24.0. The van der Waals surface area contributed by atoms with Crippen LogP contribution in [0, 0.1) is 11.8 Å².